The molecule has 7 heteroatoms. The Morgan fingerprint density at radius 1 is 1.10 bits per heavy atom. The van der Waals surface area contributed by atoms with E-state index in [1.807, 2.05) is 0 Å². The fourth-order valence-corrected chi connectivity index (χ4v) is 5.56. The number of ether oxygens (including phenoxy) is 1. The van der Waals surface area contributed by atoms with Crippen molar-refractivity contribution in [3.63, 3.8) is 0 Å². The second-order valence-electron chi connectivity index (χ2n) is 11.3. The Bertz CT molecular complexity index is 756. The molecule has 1 N–H and O–H groups in total. The molecule has 1 heterocycles. The topological polar surface area (TPSA) is 33.7 Å². The van der Waals surface area contributed by atoms with Crippen LogP contribution in [0.15, 0.2) is 12.1 Å². The lowest BCUT2D eigenvalue weighted by molar-refractivity contribution is 0.192. The Hall–Kier alpha value is -1.18. The predicted molar refractivity (Wildman–Crippen MR) is 126 cm³/mol. The van der Waals surface area contributed by atoms with Crippen LogP contribution in [0.1, 0.15) is 60.3 Å². The van der Waals surface area contributed by atoms with Gasteiger partial charge in [0.15, 0.2) is 25.7 Å². The minimum Gasteiger partial charge on any atom is -0.485 e. The Morgan fingerprint density at radius 3 is 2.32 bits per heavy atom. The Balaban J connectivity index is 1.70. The standard InChI is InChI=1S/C24H40F2N2O2Si/c1-23(2,3)31(6,7)30-13-12-29-22-18(25)14-17(15-19(22)26)28-16-24(4,5)27-20-10-8-9-11-21(20)28/h14-15,20-21,27H,8-13,16H2,1-7H3/t20-,21-/m1/s1. The SMILES string of the molecule is CC1(C)CN(c2cc(F)c(OCCO[Si](C)(C)C(C)(C)C)c(F)c2)[C@@H]2CCCC[C@H]2N1. The summed E-state index contributed by atoms with van der Waals surface area (Å²) in [6.45, 7) is 16.2. The molecule has 3 rings (SSSR count). The summed E-state index contributed by atoms with van der Waals surface area (Å²) in [5.41, 5.74) is 0.494. The number of hydrogen-bond acceptors (Lipinski definition) is 4. The minimum atomic E-state index is -1.91. The Morgan fingerprint density at radius 2 is 1.71 bits per heavy atom. The predicted octanol–water partition coefficient (Wildman–Crippen LogP) is 5.86. The lowest BCUT2D eigenvalue weighted by Gasteiger charge is -2.52. The van der Waals surface area contributed by atoms with Crippen molar-refractivity contribution in [2.45, 2.75) is 96.1 Å². The lowest BCUT2D eigenvalue weighted by Crippen LogP contribution is -2.67. The average Bonchev–Trinajstić information content (AvgIpc) is 2.64. The Kier molecular flexibility index (Phi) is 7.09. The van der Waals surface area contributed by atoms with Crippen LogP contribution < -0.4 is 15.0 Å². The summed E-state index contributed by atoms with van der Waals surface area (Å²) in [5, 5.41) is 3.81. The van der Waals surface area contributed by atoms with Gasteiger partial charge in [-0.15, -0.1) is 0 Å². The molecule has 1 aliphatic heterocycles. The first kappa shape index (κ1) is 24.5. The van der Waals surface area contributed by atoms with Gasteiger partial charge in [0, 0.05) is 42.0 Å². The highest BCUT2D eigenvalue weighted by atomic mass is 28.4. The summed E-state index contributed by atoms with van der Waals surface area (Å²) in [7, 11) is -1.91. The number of anilines is 1. The van der Waals surface area contributed by atoms with E-state index in [-0.39, 0.29) is 29.0 Å². The fourth-order valence-electron chi connectivity index (χ4n) is 4.53. The maximum atomic E-state index is 14.9. The molecule has 2 fully saturated rings. The molecule has 176 valence electrons. The van der Waals surface area contributed by atoms with Gasteiger partial charge in [-0.3, -0.25) is 0 Å². The van der Waals surface area contributed by atoms with Crippen LogP contribution in [-0.2, 0) is 4.43 Å². The number of nitrogens with one attached hydrogen (secondary N) is 1. The van der Waals surface area contributed by atoms with Crippen LogP contribution in [0.3, 0.4) is 0 Å². The maximum absolute atomic E-state index is 14.9. The quantitative estimate of drug-likeness (QED) is 0.431. The fraction of sp³-hybridized carbons (Fsp3) is 0.750. The summed E-state index contributed by atoms with van der Waals surface area (Å²) in [5.74, 6) is -1.60. The molecule has 1 saturated heterocycles. The second-order valence-corrected chi connectivity index (χ2v) is 16.1. The monoisotopic (exact) mass is 454 g/mol. The lowest BCUT2D eigenvalue weighted by atomic mass is 9.83. The molecule has 2 atom stereocenters. The van der Waals surface area contributed by atoms with E-state index >= 15 is 0 Å². The zero-order valence-corrected chi connectivity index (χ0v) is 21.3. The largest absolute Gasteiger partial charge is 0.485 e. The number of benzene rings is 1. The van der Waals surface area contributed by atoms with Crippen LogP contribution in [-0.4, -0.2) is 45.7 Å². The van der Waals surface area contributed by atoms with Gasteiger partial charge in [-0.2, -0.15) is 0 Å². The van der Waals surface area contributed by atoms with Crippen LogP contribution >= 0.6 is 0 Å². The molecular weight excluding hydrogens is 414 g/mol. The zero-order chi connectivity index (χ0) is 23.0. The van der Waals surface area contributed by atoms with E-state index in [0.29, 0.717) is 24.9 Å². The van der Waals surface area contributed by atoms with E-state index in [9.17, 15) is 8.78 Å². The van der Waals surface area contributed by atoms with E-state index < -0.39 is 20.0 Å². The summed E-state index contributed by atoms with van der Waals surface area (Å²) in [4.78, 5) is 2.19. The summed E-state index contributed by atoms with van der Waals surface area (Å²) >= 11 is 0. The number of hydrogen-bond donors (Lipinski definition) is 1. The molecule has 0 bridgehead atoms. The molecule has 1 aromatic rings. The van der Waals surface area contributed by atoms with Gasteiger partial charge in [-0.1, -0.05) is 33.6 Å². The first-order chi connectivity index (χ1) is 14.3. The van der Waals surface area contributed by atoms with Gasteiger partial charge in [-0.25, -0.2) is 8.78 Å². The molecule has 4 nitrogen and oxygen atoms in total. The van der Waals surface area contributed by atoms with Gasteiger partial charge in [0.25, 0.3) is 0 Å². The highest BCUT2D eigenvalue weighted by molar-refractivity contribution is 6.74. The van der Waals surface area contributed by atoms with Crippen molar-refractivity contribution in [3.8, 4) is 5.75 Å². The first-order valence-electron chi connectivity index (χ1n) is 11.6. The van der Waals surface area contributed by atoms with Gasteiger partial charge >= 0.3 is 0 Å². The van der Waals surface area contributed by atoms with E-state index in [4.69, 9.17) is 9.16 Å². The maximum Gasteiger partial charge on any atom is 0.192 e. The van der Waals surface area contributed by atoms with Crippen molar-refractivity contribution in [1.29, 1.82) is 0 Å². The van der Waals surface area contributed by atoms with E-state index in [0.717, 1.165) is 19.3 Å². The number of halogens is 2. The van der Waals surface area contributed by atoms with Crippen molar-refractivity contribution < 1.29 is 17.9 Å². The number of fused-ring (bicyclic) bond motifs is 1. The highest BCUT2D eigenvalue weighted by Gasteiger charge is 2.41. The third kappa shape index (κ3) is 5.60. The average molecular weight is 455 g/mol. The van der Waals surface area contributed by atoms with Gasteiger partial charge in [0.05, 0.1) is 6.61 Å². The molecule has 1 saturated carbocycles. The highest BCUT2D eigenvalue weighted by Crippen LogP contribution is 2.37. The van der Waals surface area contributed by atoms with Gasteiger partial charge in [0.1, 0.15) is 6.61 Å². The van der Waals surface area contributed by atoms with Crippen LogP contribution in [0.4, 0.5) is 14.5 Å². The van der Waals surface area contributed by atoms with Gasteiger partial charge in [0.2, 0.25) is 0 Å². The number of piperazine rings is 1. The van der Waals surface area contributed by atoms with E-state index in [1.165, 1.54) is 18.6 Å². The van der Waals surface area contributed by atoms with Crippen molar-refractivity contribution >= 4 is 14.0 Å². The summed E-state index contributed by atoms with van der Waals surface area (Å²) < 4.78 is 41.3. The van der Waals surface area contributed by atoms with Crippen molar-refractivity contribution in [2.75, 3.05) is 24.7 Å². The molecule has 0 unspecified atom stereocenters. The molecule has 31 heavy (non-hydrogen) atoms. The van der Waals surface area contributed by atoms with Crippen molar-refractivity contribution in [2.24, 2.45) is 0 Å². The molecular formula is C24H40F2N2O2Si. The van der Waals surface area contributed by atoms with Gasteiger partial charge < -0.3 is 19.4 Å². The van der Waals surface area contributed by atoms with Crippen molar-refractivity contribution in [3.05, 3.63) is 23.8 Å². The molecule has 0 radical (unpaired) electrons. The molecule has 1 aromatic carbocycles. The van der Waals surface area contributed by atoms with Crippen molar-refractivity contribution in [1.82, 2.24) is 5.32 Å². The normalized spacial score (nSPS) is 24.1. The second kappa shape index (κ2) is 8.98. The smallest absolute Gasteiger partial charge is 0.192 e. The molecule has 2 aliphatic rings. The van der Waals surface area contributed by atoms with Crippen LogP contribution in [0, 0.1) is 11.6 Å². The molecule has 0 amide bonds. The van der Waals surface area contributed by atoms with Crippen LogP contribution in [0.25, 0.3) is 0 Å². The summed E-state index contributed by atoms with van der Waals surface area (Å²) in [6.07, 6.45) is 4.50. The first-order valence-corrected chi connectivity index (χ1v) is 14.5. The summed E-state index contributed by atoms with van der Waals surface area (Å²) in [6, 6.07) is 3.48. The molecule has 1 aliphatic carbocycles. The Labute approximate surface area is 187 Å². The number of nitrogens with zero attached hydrogens (tertiary/aromatic N) is 1. The van der Waals surface area contributed by atoms with Crippen LogP contribution in [0.5, 0.6) is 5.75 Å². The minimum absolute atomic E-state index is 0.0825. The zero-order valence-electron chi connectivity index (χ0n) is 20.3. The van der Waals surface area contributed by atoms with E-state index in [1.54, 1.807) is 0 Å². The third-order valence-corrected chi connectivity index (χ3v) is 11.7. The third-order valence-electron chi connectivity index (χ3n) is 7.19. The van der Waals surface area contributed by atoms with E-state index in [2.05, 4.69) is 57.9 Å². The molecule has 0 spiro atoms. The van der Waals surface area contributed by atoms with Crippen LogP contribution in [0.2, 0.25) is 18.1 Å². The molecule has 0 aromatic heterocycles. The van der Waals surface area contributed by atoms with Gasteiger partial charge in [-0.05, 0) is 44.8 Å². The number of rotatable bonds is 6.